The van der Waals surface area contributed by atoms with Gasteiger partial charge in [0, 0.05) is 18.4 Å². The van der Waals surface area contributed by atoms with E-state index in [0.717, 1.165) is 44.5 Å². The molecule has 3 aromatic rings. The molecule has 0 spiro atoms. The number of carbonyl (C=O) groups is 1. The summed E-state index contributed by atoms with van der Waals surface area (Å²) in [5.74, 6) is 2.00. The van der Waals surface area contributed by atoms with Crippen molar-refractivity contribution in [2.75, 3.05) is 0 Å². The van der Waals surface area contributed by atoms with Crippen LogP contribution in [0.2, 0.25) is 0 Å². The van der Waals surface area contributed by atoms with Crippen LogP contribution in [0.25, 0.3) is 14.7 Å². The summed E-state index contributed by atoms with van der Waals surface area (Å²) in [6, 6.07) is 6.91. The number of rotatable bonds is 7. The number of ketones is 1. The van der Waals surface area contributed by atoms with Crippen LogP contribution in [0.4, 0.5) is 5.69 Å². The largest absolute Gasteiger partial charge is 0.311 e. The van der Waals surface area contributed by atoms with Gasteiger partial charge in [-0.25, -0.2) is 11.4 Å². The Morgan fingerprint density at radius 2 is 1.91 bits per heavy atom. The van der Waals surface area contributed by atoms with Crippen molar-refractivity contribution in [3.63, 3.8) is 0 Å². The van der Waals surface area contributed by atoms with Gasteiger partial charge in [0.05, 0.1) is 17.2 Å². The topological polar surface area (TPSA) is 68.9 Å². The summed E-state index contributed by atoms with van der Waals surface area (Å²) in [6.07, 6.45) is 1.62. The standard InChI is InChI=1S/C26H26N6OS/c1-15(2)7-12-20(33)13-21-25-31-30-17(4)32(25)26-23(16(3)22(34-26)14-27-5)24(29-21)18-8-10-19(28-6)11-9-18/h8-11,15,21H,7,12-14H2,1-4H3/t21-/m0/s1. The lowest BCUT2D eigenvalue weighted by molar-refractivity contribution is -0.119. The molecule has 0 fully saturated rings. The second kappa shape index (κ2) is 9.70. The molecule has 1 aliphatic heterocycles. The summed E-state index contributed by atoms with van der Waals surface area (Å²) >= 11 is 1.56. The zero-order chi connectivity index (χ0) is 24.4. The second-order valence-corrected chi connectivity index (χ2v) is 10.00. The molecule has 3 heterocycles. The Morgan fingerprint density at radius 1 is 1.18 bits per heavy atom. The third-order valence-electron chi connectivity index (χ3n) is 6.01. The first-order valence-corrected chi connectivity index (χ1v) is 12.1. The van der Waals surface area contributed by atoms with E-state index in [9.17, 15) is 4.79 Å². The SMILES string of the molecule is [C-]#[N+]Cc1sc2c(c1C)C(c1ccc([N+]#[C-])cc1)=N[C@@H](CC(=O)CCC(C)C)c1nnc(C)n1-2. The van der Waals surface area contributed by atoms with Gasteiger partial charge < -0.3 is 4.85 Å². The second-order valence-electron chi connectivity index (χ2n) is 8.91. The van der Waals surface area contributed by atoms with Crippen LogP contribution >= 0.6 is 11.3 Å². The molecule has 1 aromatic carbocycles. The van der Waals surface area contributed by atoms with Gasteiger partial charge in [0.25, 0.3) is 0 Å². The van der Waals surface area contributed by atoms with E-state index in [1.54, 1.807) is 23.5 Å². The molecule has 172 valence electrons. The van der Waals surface area contributed by atoms with E-state index >= 15 is 0 Å². The number of thiophene rings is 1. The predicted molar refractivity (Wildman–Crippen MR) is 134 cm³/mol. The summed E-state index contributed by atoms with van der Waals surface area (Å²) in [4.78, 5) is 26.1. The van der Waals surface area contributed by atoms with E-state index in [0.29, 0.717) is 30.4 Å². The molecule has 0 amide bonds. The number of aromatic nitrogens is 3. The van der Waals surface area contributed by atoms with E-state index < -0.39 is 6.04 Å². The molecule has 1 atom stereocenters. The van der Waals surface area contributed by atoms with Crippen LogP contribution in [-0.2, 0) is 11.3 Å². The fourth-order valence-electron chi connectivity index (χ4n) is 4.14. The lowest BCUT2D eigenvalue weighted by Crippen LogP contribution is -2.11. The monoisotopic (exact) mass is 470 g/mol. The van der Waals surface area contributed by atoms with Gasteiger partial charge in [0.1, 0.15) is 22.7 Å². The first kappa shape index (κ1) is 23.5. The highest BCUT2D eigenvalue weighted by Crippen LogP contribution is 2.40. The van der Waals surface area contributed by atoms with Gasteiger partial charge in [-0.3, -0.25) is 14.4 Å². The maximum Gasteiger partial charge on any atom is 0.249 e. The van der Waals surface area contributed by atoms with E-state index in [-0.39, 0.29) is 12.2 Å². The van der Waals surface area contributed by atoms with Crippen LogP contribution in [-0.4, -0.2) is 26.3 Å². The van der Waals surface area contributed by atoms with E-state index in [1.807, 2.05) is 30.5 Å². The fourth-order valence-corrected chi connectivity index (χ4v) is 5.43. The van der Waals surface area contributed by atoms with Crippen molar-refractivity contribution in [2.45, 2.75) is 59.5 Å². The minimum atomic E-state index is -0.459. The molecule has 0 bridgehead atoms. The van der Waals surface area contributed by atoms with Gasteiger partial charge in [0.2, 0.25) is 6.54 Å². The number of Topliss-reactive ketones (excluding diaryl/α,β-unsaturated/α-hetero) is 1. The Hall–Kier alpha value is -3.62. The van der Waals surface area contributed by atoms with Crippen molar-refractivity contribution in [2.24, 2.45) is 10.9 Å². The van der Waals surface area contributed by atoms with Crippen LogP contribution < -0.4 is 0 Å². The third kappa shape index (κ3) is 4.42. The molecule has 7 nitrogen and oxygen atoms in total. The minimum absolute atomic E-state index is 0.160. The van der Waals surface area contributed by atoms with Crippen LogP contribution in [0.3, 0.4) is 0 Å². The van der Waals surface area contributed by atoms with Crippen LogP contribution in [0, 0.1) is 32.9 Å². The molecule has 34 heavy (non-hydrogen) atoms. The zero-order valence-electron chi connectivity index (χ0n) is 19.8. The molecule has 0 unspecified atom stereocenters. The zero-order valence-corrected chi connectivity index (χ0v) is 20.6. The van der Waals surface area contributed by atoms with Crippen molar-refractivity contribution in [1.82, 2.24) is 14.8 Å². The van der Waals surface area contributed by atoms with Crippen molar-refractivity contribution in [1.29, 1.82) is 0 Å². The molecule has 1 aliphatic rings. The average molecular weight is 471 g/mol. The highest BCUT2D eigenvalue weighted by Gasteiger charge is 2.33. The molecule has 4 rings (SSSR count). The summed E-state index contributed by atoms with van der Waals surface area (Å²) in [5, 5.41) is 9.70. The number of fused-ring (bicyclic) bond motifs is 3. The first-order valence-electron chi connectivity index (χ1n) is 11.3. The Morgan fingerprint density at radius 3 is 2.56 bits per heavy atom. The third-order valence-corrected chi connectivity index (χ3v) is 7.28. The maximum absolute atomic E-state index is 12.9. The van der Waals surface area contributed by atoms with E-state index in [4.69, 9.17) is 18.1 Å². The van der Waals surface area contributed by atoms with Gasteiger partial charge in [-0.15, -0.1) is 21.5 Å². The van der Waals surface area contributed by atoms with E-state index in [1.165, 1.54) is 0 Å². The van der Waals surface area contributed by atoms with Crippen LogP contribution in [0.5, 0.6) is 0 Å². The number of benzene rings is 1. The Bertz CT molecular complexity index is 1350. The van der Waals surface area contributed by atoms with Crippen molar-refractivity contribution in [3.8, 4) is 5.00 Å². The average Bonchev–Trinajstić information content (AvgIpc) is 3.31. The smallest absolute Gasteiger partial charge is 0.249 e. The fraction of sp³-hybridized carbons (Fsp3) is 0.385. The molecular formula is C26H26N6OS. The highest BCUT2D eigenvalue weighted by atomic mass is 32.1. The normalized spacial score (nSPS) is 14.6. The molecule has 0 N–H and O–H groups in total. The predicted octanol–water partition coefficient (Wildman–Crippen LogP) is 6.20. The lowest BCUT2D eigenvalue weighted by atomic mass is 9.98. The Labute approximate surface area is 203 Å². The molecule has 0 aliphatic carbocycles. The number of carbonyl (C=O) groups excluding carboxylic acids is 1. The van der Waals surface area contributed by atoms with Crippen LogP contribution in [0.1, 0.15) is 72.4 Å². The van der Waals surface area contributed by atoms with Crippen molar-refractivity contribution >= 4 is 28.5 Å². The van der Waals surface area contributed by atoms with Crippen molar-refractivity contribution < 1.29 is 4.79 Å². The molecular weight excluding hydrogens is 444 g/mol. The van der Waals surface area contributed by atoms with Gasteiger partial charge in [-0.2, -0.15) is 0 Å². The van der Waals surface area contributed by atoms with Gasteiger partial charge >= 0.3 is 0 Å². The van der Waals surface area contributed by atoms with E-state index in [2.05, 4.69) is 33.7 Å². The van der Waals surface area contributed by atoms with Gasteiger partial charge in [0.15, 0.2) is 11.5 Å². The molecule has 2 aromatic heterocycles. The highest BCUT2D eigenvalue weighted by molar-refractivity contribution is 7.15. The first-order chi connectivity index (χ1) is 16.3. The Kier molecular flexibility index (Phi) is 6.72. The number of nitrogens with zero attached hydrogens (tertiary/aromatic N) is 6. The summed E-state index contributed by atoms with van der Waals surface area (Å²) in [6.45, 7) is 23.1. The number of aliphatic imine (C=N–C) groups is 1. The number of hydrogen-bond acceptors (Lipinski definition) is 5. The summed E-state index contributed by atoms with van der Waals surface area (Å²) < 4.78 is 2.00. The summed E-state index contributed by atoms with van der Waals surface area (Å²) in [5.41, 5.74) is 4.15. The number of aryl methyl sites for hydroxylation is 1. The quantitative estimate of drug-likeness (QED) is 0.386. The lowest BCUT2D eigenvalue weighted by Gasteiger charge is -2.13. The van der Waals surface area contributed by atoms with Crippen molar-refractivity contribution in [3.05, 3.63) is 80.3 Å². The molecule has 8 heteroatoms. The van der Waals surface area contributed by atoms with Crippen LogP contribution in [0.15, 0.2) is 29.3 Å². The minimum Gasteiger partial charge on any atom is -0.311 e. The van der Waals surface area contributed by atoms with Gasteiger partial charge in [-0.1, -0.05) is 38.1 Å². The number of hydrogen-bond donors (Lipinski definition) is 0. The molecule has 0 saturated heterocycles. The Balaban J connectivity index is 1.90. The maximum atomic E-state index is 12.9. The van der Waals surface area contributed by atoms with Gasteiger partial charge in [-0.05, 0) is 37.3 Å². The molecule has 0 saturated carbocycles. The molecule has 0 radical (unpaired) electrons. The summed E-state index contributed by atoms with van der Waals surface area (Å²) in [7, 11) is 0.